The Hall–Kier alpha value is -1.84. The Bertz CT molecular complexity index is 381. The fraction of sp³-hybridized carbons (Fsp3) is 0.385. The molecule has 1 aromatic rings. The molecule has 0 unspecified atom stereocenters. The second-order valence-electron chi connectivity index (χ2n) is 3.43. The second kappa shape index (κ2) is 6.68. The zero-order chi connectivity index (χ0) is 12.7. The molecule has 4 heteroatoms. The fourth-order valence-corrected chi connectivity index (χ4v) is 1.23. The summed E-state index contributed by atoms with van der Waals surface area (Å²) in [6.07, 6.45) is 0.784. The zero-order valence-electron chi connectivity index (χ0n) is 10.1. The quantitative estimate of drug-likeness (QED) is 0.737. The maximum absolute atomic E-state index is 11.5. The van der Waals surface area contributed by atoms with Gasteiger partial charge in [-0.2, -0.15) is 0 Å². The van der Waals surface area contributed by atoms with Gasteiger partial charge in [-0.25, -0.2) is 9.59 Å². The number of benzene rings is 1. The first-order valence-electron chi connectivity index (χ1n) is 5.63. The molecule has 0 aromatic heterocycles. The van der Waals surface area contributed by atoms with Crippen LogP contribution in [0.15, 0.2) is 24.3 Å². The summed E-state index contributed by atoms with van der Waals surface area (Å²) in [5, 5.41) is 0. The van der Waals surface area contributed by atoms with Gasteiger partial charge >= 0.3 is 11.9 Å². The van der Waals surface area contributed by atoms with Crippen LogP contribution in [0.1, 0.15) is 41.0 Å². The molecular formula is C13H16O4. The van der Waals surface area contributed by atoms with Gasteiger partial charge < -0.3 is 9.47 Å². The van der Waals surface area contributed by atoms with Crippen LogP contribution in [0.25, 0.3) is 0 Å². The van der Waals surface area contributed by atoms with Crippen LogP contribution in [0.4, 0.5) is 0 Å². The van der Waals surface area contributed by atoms with Gasteiger partial charge in [0, 0.05) is 0 Å². The van der Waals surface area contributed by atoms with Crippen LogP contribution in [-0.2, 0) is 9.47 Å². The van der Waals surface area contributed by atoms with E-state index >= 15 is 0 Å². The molecule has 0 saturated carbocycles. The van der Waals surface area contributed by atoms with Gasteiger partial charge in [-0.3, -0.25) is 0 Å². The van der Waals surface area contributed by atoms with E-state index in [4.69, 9.17) is 9.47 Å². The molecule has 0 aliphatic heterocycles. The highest BCUT2D eigenvalue weighted by Gasteiger charge is 2.09. The number of ether oxygens (including phenoxy) is 2. The average molecular weight is 236 g/mol. The van der Waals surface area contributed by atoms with E-state index in [0.717, 1.165) is 6.42 Å². The van der Waals surface area contributed by atoms with Gasteiger partial charge in [0.2, 0.25) is 0 Å². The summed E-state index contributed by atoms with van der Waals surface area (Å²) < 4.78 is 9.81. The van der Waals surface area contributed by atoms with E-state index in [9.17, 15) is 9.59 Å². The van der Waals surface area contributed by atoms with E-state index < -0.39 is 0 Å². The molecule has 0 fully saturated rings. The highest BCUT2D eigenvalue weighted by atomic mass is 16.5. The molecule has 0 aliphatic carbocycles. The van der Waals surface area contributed by atoms with Crippen molar-refractivity contribution in [2.75, 3.05) is 13.2 Å². The molecule has 4 nitrogen and oxygen atoms in total. The van der Waals surface area contributed by atoms with Crippen LogP contribution in [0.5, 0.6) is 0 Å². The minimum atomic E-state index is -0.388. The number of hydrogen-bond donors (Lipinski definition) is 0. The molecule has 0 amide bonds. The third-order valence-electron chi connectivity index (χ3n) is 2.07. The molecule has 1 rings (SSSR count). The third-order valence-corrected chi connectivity index (χ3v) is 2.07. The maximum Gasteiger partial charge on any atom is 0.338 e. The predicted molar refractivity (Wildman–Crippen MR) is 63.0 cm³/mol. The van der Waals surface area contributed by atoms with Crippen molar-refractivity contribution in [3.63, 3.8) is 0 Å². The Balaban J connectivity index is 2.67. The van der Waals surface area contributed by atoms with Gasteiger partial charge in [-0.15, -0.1) is 0 Å². The fourth-order valence-electron chi connectivity index (χ4n) is 1.23. The summed E-state index contributed by atoms with van der Waals surface area (Å²) in [5.74, 6) is -0.761. The standard InChI is InChI=1S/C13H16O4/c1-3-9-17-13(15)11-7-5-10(6-8-11)12(14)16-4-2/h5-8H,3-4,9H2,1-2H3. The Morgan fingerprint density at radius 3 is 1.82 bits per heavy atom. The highest BCUT2D eigenvalue weighted by Crippen LogP contribution is 2.07. The zero-order valence-corrected chi connectivity index (χ0v) is 10.1. The molecule has 0 bridgehead atoms. The minimum absolute atomic E-state index is 0.332. The van der Waals surface area contributed by atoms with Gasteiger partial charge in [-0.1, -0.05) is 6.92 Å². The Kier molecular flexibility index (Phi) is 5.20. The molecular weight excluding hydrogens is 220 g/mol. The van der Waals surface area contributed by atoms with E-state index in [0.29, 0.717) is 24.3 Å². The highest BCUT2D eigenvalue weighted by molar-refractivity contribution is 5.93. The van der Waals surface area contributed by atoms with Crippen molar-refractivity contribution in [2.45, 2.75) is 20.3 Å². The maximum atomic E-state index is 11.5. The summed E-state index contributed by atoms with van der Waals surface area (Å²) in [7, 11) is 0. The number of esters is 2. The Morgan fingerprint density at radius 1 is 0.941 bits per heavy atom. The van der Waals surface area contributed by atoms with Crippen molar-refractivity contribution >= 4 is 11.9 Å². The van der Waals surface area contributed by atoms with Crippen molar-refractivity contribution in [3.8, 4) is 0 Å². The molecule has 0 N–H and O–H groups in total. The van der Waals surface area contributed by atoms with Gasteiger partial charge in [-0.05, 0) is 37.6 Å². The van der Waals surface area contributed by atoms with Gasteiger partial charge in [0.25, 0.3) is 0 Å². The second-order valence-corrected chi connectivity index (χ2v) is 3.43. The van der Waals surface area contributed by atoms with Crippen molar-refractivity contribution in [1.82, 2.24) is 0 Å². The Morgan fingerprint density at radius 2 is 1.41 bits per heavy atom. The van der Waals surface area contributed by atoms with Crippen LogP contribution >= 0.6 is 0 Å². The monoisotopic (exact) mass is 236 g/mol. The van der Waals surface area contributed by atoms with Crippen molar-refractivity contribution in [3.05, 3.63) is 35.4 Å². The van der Waals surface area contributed by atoms with E-state index in [-0.39, 0.29) is 11.9 Å². The molecule has 0 heterocycles. The van der Waals surface area contributed by atoms with Crippen LogP contribution in [-0.4, -0.2) is 25.2 Å². The first-order chi connectivity index (χ1) is 8.19. The van der Waals surface area contributed by atoms with E-state index in [1.807, 2.05) is 6.92 Å². The average Bonchev–Trinajstić information content (AvgIpc) is 2.36. The molecule has 17 heavy (non-hydrogen) atoms. The first-order valence-corrected chi connectivity index (χ1v) is 5.63. The lowest BCUT2D eigenvalue weighted by Gasteiger charge is -2.04. The number of carbonyl (C=O) groups excluding carboxylic acids is 2. The van der Waals surface area contributed by atoms with Gasteiger partial charge in [0.1, 0.15) is 0 Å². The Labute approximate surface area is 101 Å². The largest absolute Gasteiger partial charge is 0.462 e. The van der Waals surface area contributed by atoms with Gasteiger partial charge in [0.05, 0.1) is 24.3 Å². The number of hydrogen-bond acceptors (Lipinski definition) is 4. The van der Waals surface area contributed by atoms with Crippen molar-refractivity contribution in [2.24, 2.45) is 0 Å². The van der Waals surface area contributed by atoms with Crippen LogP contribution in [0, 0.1) is 0 Å². The topological polar surface area (TPSA) is 52.6 Å². The SMILES string of the molecule is CCCOC(=O)c1ccc(C(=O)OCC)cc1. The minimum Gasteiger partial charge on any atom is -0.462 e. The lowest BCUT2D eigenvalue weighted by molar-refractivity contribution is 0.0497. The normalized spacial score (nSPS) is 9.76. The predicted octanol–water partition coefficient (Wildman–Crippen LogP) is 2.43. The van der Waals surface area contributed by atoms with Gasteiger partial charge in [0.15, 0.2) is 0 Å². The molecule has 92 valence electrons. The smallest absolute Gasteiger partial charge is 0.338 e. The molecule has 0 spiro atoms. The summed E-state index contributed by atoms with van der Waals surface area (Å²) in [6.45, 7) is 4.41. The van der Waals surface area contributed by atoms with E-state index in [2.05, 4.69) is 0 Å². The molecule has 0 atom stereocenters. The first kappa shape index (κ1) is 13.2. The van der Waals surface area contributed by atoms with Crippen LogP contribution < -0.4 is 0 Å². The molecule has 0 aliphatic rings. The van der Waals surface area contributed by atoms with Crippen molar-refractivity contribution in [1.29, 1.82) is 0 Å². The summed E-state index contributed by atoms with van der Waals surface area (Å²) in [6, 6.07) is 6.23. The molecule has 1 aromatic carbocycles. The van der Waals surface area contributed by atoms with Crippen molar-refractivity contribution < 1.29 is 19.1 Å². The summed E-state index contributed by atoms with van der Waals surface area (Å²) in [5.41, 5.74) is 0.866. The number of carbonyl (C=O) groups is 2. The van der Waals surface area contributed by atoms with Crippen LogP contribution in [0.3, 0.4) is 0 Å². The molecule has 0 saturated heterocycles. The molecule has 0 radical (unpaired) electrons. The van der Waals surface area contributed by atoms with E-state index in [1.54, 1.807) is 31.2 Å². The van der Waals surface area contributed by atoms with E-state index in [1.165, 1.54) is 0 Å². The summed E-state index contributed by atoms with van der Waals surface area (Å²) >= 11 is 0. The number of rotatable bonds is 5. The lowest BCUT2D eigenvalue weighted by Crippen LogP contribution is -2.08. The third kappa shape index (κ3) is 3.90. The summed E-state index contributed by atoms with van der Waals surface area (Å²) in [4.78, 5) is 22.8. The lowest BCUT2D eigenvalue weighted by atomic mass is 10.1. The van der Waals surface area contributed by atoms with Crippen LogP contribution in [0.2, 0.25) is 0 Å².